The van der Waals surface area contributed by atoms with Crippen LogP contribution >= 0.6 is 0 Å². The monoisotopic (exact) mass is 200 g/mol. The van der Waals surface area contributed by atoms with Crippen LogP contribution in [-0.4, -0.2) is 42.2 Å². The van der Waals surface area contributed by atoms with Crippen molar-refractivity contribution >= 4 is 5.91 Å². The van der Waals surface area contributed by atoms with Gasteiger partial charge in [-0.15, -0.1) is 0 Å². The maximum atomic E-state index is 11.6. The van der Waals surface area contributed by atoms with E-state index in [4.69, 9.17) is 5.73 Å². The minimum Gasteiger partial charge on any atom is -0.389 e. The molecule has 0 unspecified atom stereocenters. The molecular weight excluding hydrogens is 180 g/mol. The Balaban J connectivity index is 2.47. The Morgan fingerprint density at radius 2 is 2.00 bits per heavy atom. The number of hydrogen-bond donors (Lipinski definition) is 2. The number of aliphatic hydroxyl groups is 1. The topological polar surface area (TPSA) is 66.6 Å². The highest BCUT2D eigenvalue weighted by Crippen LogP contribution is 2.31. The number of carbonyl (C=O) groups excluding carboxylic acids is 1. The molecule has 82 valence electrons. The van der Waals surface area contributed by atoms with Gasteiger partial charge in [-0.25, -0.2) is 0 Å². The molecule has 1 saturated carbocycles. The second kappa shape index (κ2) is 4.28. The molecule has 4 heteroatoms. The Labute approximate surface area is 85.1 Å². The fraction of sp³-hybridized carbons (Fsp3) is 0.900. The summed E-state index contributed by atoms with van der Waals surface area (Å²) in [5.74, 6) is 0.251. The van der Waals surface area contributed by atoms with Crippen LogP contribution in [0.3, 0.4) is 0 Å². The molecule has 0 heterocycles. The molecule has 1 aliphatic rings. The van der Waals surface area contributed by atoms with Crippen molar-refractivity contribution in [3.8, 4) is 0 Å². The summed E-state index contributed by atoms with van der Waals surface area (Å²) in [5, 5.41) is 9.87. The molecule has 0 atom stereocenters. The summed E-state index contributed by atoms with van der Waals surface area (Å²) in [6.07, 6.45) is 2.80. The van der Waals surface area contributed by atoms with Crippen molar-refractivity contribution in [2.45, 2.75) is 31.3 Å². The average Bonchev–Trinajstić information content (AvgIpc) is 2.18. The summed E-state index contributed by atoms with van der Waals surface area (Å²) in [7, 11) is 3.54. The Morgan fingerprint density at radius 3 is 2.36 bits per heavy atom. The Morgan fingerprint density at radius 1 is 1.50 bits per heavy atom. The molecule has 0 aromatic heterocycles. The van der Waals surface area contributed by atoms with Crippen LogP contribution in [0.1, 0.15) is 25.7 Å². The molecule has 1 aliphatic carbocycles. The van der Waals surface area contributed by atoms with E-state index in [-0.39, 0.29) is 11.8 Å². The van der Waals surface area contributed by atoms with Gasteiger partial charge >= 0.3 is 0 Å². The SMILES string of the molecule is CN(C)C(=O)C1CCC(O)(CN)CC1. The molecule has 0 spiro atoms. The first-order chi connectivity index (χ1) is 6.48. The summed E-state index contributed by atoms with van der Waals surface area (Å²) < 4.78 is 0. The minimum atomic E-state index is -0.719. The molecule has 0 aromatic rings. The Kier molecular flexibility index (Phi) is 3.50. The van der Waals surface area contributed by atoms with Gasteiger partial charge in [0.1, 0.15) is 0 Å². The normalized spacial score (nSPS) is 32.7. The molecule has 0 aromatic carbocycles. The summed E-state index contributed by atoms with van der Waals surface area (Å²) >= 11 is 0. The highest BCUT2D eigenvalue weighted by molar-refractivity contribution is 5.78. The van der Waals surface area contributed by atoms with Gasteiger partial charge in [0.25, 0.3) is 0 Å². The first kappa shape index (κ1) is 11.5. The van der Waals surface area contributed by atoms with Crippen molar-refractivity contribution in [3.63, 3.8) is 0 Å². The largest absolute Gasteiger partial charge is 0.389 e. The smallest absolute Gasteiger partial charge is 0.225 e. The molecule has 0 radical (unpaired) electrons. The molecule has 3 N–H and O–H groups in total. The lowest BCUT2D eigenvalue weighted by Gasteiger charge is -2.35. The summed E-state index contributed by atoms with van der Waals surface area (Å²) in [6, 6.07) is 0. The highest BCUT2D eigenvalue weighted by Gasteiger charge is 2.34. The third-order valence-electron chi connectivity index (χ3n) is 3.09. The lowest BCUT2D eigenvalue weighted by molar-refractivity contribution is -0.135. The van der Waals surface area contributed by atoms with Crippen molar-refractivity contribution in [1.82, 2.24) is 4.90 Å². The predicted molar refractivity (Wildman–Crippen MR) is 54.7 cm³/mol. The summed E-state index contributed by atoms with van der Waals surface area (Å²) in [6.45, 7) is 0.301. The van der Waals surface area contributed by atoms with Gasteiger partial charge in [0, 0.05) is 26.6 Å². The number of carbonyl (C=O) groups is 1. The van der Waals surface area contributed by atoms with Crippen LogP contribution in [0.5, 0.6) is 0 Å². The number of rotatable bonds is 2. The first-order valence-corrected chi connectivity index (χ1v) is 5.12. The third kappa shape index (κ3) is 2.45. The quantitative estimate of drug-likeness (QED) is 0.657. The van der Waals surface area contributed by atoms with Crippen molar-refractivity contribution < 1.29 is 9.90 Å². The standard InChI is InChI=1S/C10H20N2O2/c1-12(2)9(13)8-3-5-10(14,7-11)6-4-8/h8,14H,3-7,11H2,1-2H3. The van der Waals surface area contributed by atoms with E-state index < -0.39 is 5.60 Å². The molecular formula is C10H20N2O2. The van der Waals surface area contributed by atoms with Gasteiger partial charge in [-0.1, -0.05) is 0 Å². The van der Waals surface area contributed by atoms with Crippen molar-refractivity contribution in [2.75, 3.05) is 20.6 Å². The van der Waals surface area contributed by atoms with E-state index in [9.17, 15) is 9.90 Å². The van der Waals surface area contributed by atoms with Gasteiger partial charge in [0.05, 0.1) is 5.60 Å². The van der Waals surface area contributed by atoms with Crippen molar-refractivity contribution in [3.05, 3.63) is 0 Å². The van der Waals surface area contributed by atoms with Gasteiger partial charge in [0.15, 0.2) is 0 Å². The molecule has 1 amide bonds. The second-order valence-corrected chi connectivity index (χ2v) is 4.44. The number of hydrogen-bond acceptors (Lipinski definition) is 3. The summed E-state index contributed by atoms with van der Waals surface area (Å²) in [4.78, 5) is 13.2. The molecule has 1 fully saturated rings. The zero-order chi connectivity index (χ0) is 10.8. The van der Waals surface area contributed by atoms with E-state index in [1.54, 1.807) is 19.0 Å². The van der Waals surface area contributed by atoms with E-state index in [2.05, 4.69) is 0 Å². The predicted octanol–water partition coefficient (Wildman–Crippen LogP) is -0.0454. The number of amides is 1. The molecule has 0 bridgehead atoms. The zero-order valence-electron chi connectivity index (χ0n) is 8.99. The van der Waals surface area contributed by atoms with Crippen LogP contribution in [0.4, 0.5) is 0 Å². The van der Waals surface area contributed by atoms with Crippen LogP contribution in [-0.2, 0) is 4.79 Å². The van der Waals surface area contributed by atoms with E-state index in [0.29, 0.717) is 19.4 Å². The molecule has 4 nitrogen and oxygen atoms in total. The minimum absolute atomic E-state index is 0.0804. The van der Waals surface area contributed by atoms with Crippen molar-refractivity contribution in [1.29, 1.82) is 0 Å². The van der Waals surface area contributed by atoms with E-state index >= 15 is 0 Å². The fourth-order valence-electron chi connectivity index (χ4n) is 1.97. The lowest BCUT2D eigenvalue weighted by atomic mass is 9.78. The maximum absolute atomic E-state index is 11.6. The van der Waals surface area contributed by atoms with Gasteiger partial charge in [0.2, 0.25) is 5.91 Å². The maximum Gasteiger partial charge on any atom is 0.225 e. The molecule has 14 heavy (non-hydrogen) atoms. The van der Waals surface area contributed by atoms with Crippen LogP contribution < -0.4 is 5.73 Å². The highest BCUT2D eigenvalue weighted by atomic mass is 16.3. The summed E-state index contributed by atoms with van der Waals surface area (Å²) in [5.41, 5.74) is 4.75. The van der Waals surface area contributed by atoms with Crippen LogP contribution in [0, 0.1) is 5.92 Å². The Bertz CT molecular complexity index is 208. The van der Waals surface area contributed by atoms with Crippen LogP contribution in [0.25, 0.3) is 0 Å². The second-order valence-electron chi connectivity index (χ2n) is 4.44. The van der Waals surface area contributed by atoms with Gasteiger partial charge in [-0.3, -0.25) is 4.79 Å². The van der Waals surface area contributed by atoms with Gasteiger partial charge < -0.3 is 15.7 Å². The fourth-order valence-corrected chi connectivity index (χ4v) is 1.97. The Hall–Kier alpha value is -0.610. The van der Waals surface area contributed by atoms with Crippen LogP contribution in [0.2, 0.25) is 0 Å². The molecule has 1 rings (SSSR count). The van der Waals surface area contributed by atoms with Gasteiger partial charge in [-0.2, -0.15) is 0 Å². The van der Waals surface area contributed by atoms with Crippen molar-refractivity contribution in [2.24, 2.45) is 11.7 Å². The molecule has 0 saturated heterocycles. The average molecular weight is 200 g/mol. The number of nitrogens with zero attached hydrogens (tertiary/aromatic N) is 1. The number of nitrogens with two attached hydrogens (primary N) is 1. The lowest BCUT2D eigenvalue weighted by Crippen LogP contribution is -2.43. The van der Waals surface area contributed by atoms with E-state index in [1.165, 1.54) is 0 Å². The van der Waals surface area contributed by atoms with Gasteiger partial charge in [-0.05, 0) is 25.7 Å². The third-order valence-corrected chi connectivity index (χ3v) is 3.09. The zero-order valence-corrected chi connectivity index (χ0v) is 8.99. The first-order valence-electron chi connectivity index (χ1n) is 5.12. The molecule has 0 aliphatic heterocycles. The van der Waals surface area contributed by atoms with E-state index in [1.807, 2.05) is 0 Å². The van der Waals surface area contributed by atoms with Crippen LogP contribution in [0.15, 0.2) is 0 Å². The van der Waals surface area contributed by atoms with E-state index in [0.717, 1.165) is 12.8 Å².